The van der Waals surface area contributed by atoms with Crippen LogP contribution in [0, 0.1) is 0 Å². The Labute approximate surface area is 117 Å². The summed E-state index contributed by atoms with van der Waals surface area (Å²) in [4.78, 5) is 24.5. The van der Waals surface area contributed by atoms with Gasteiger partial charge in [0, 0.05) is 16.7 Å². The Morgan fingerprint density at radius 3 is 2.65 bits per heavy atom. The summed E-state index contributed by atoms with van der Waals surface area (Å²) in [6.07, 6.45) is 5.62. The van der Waals surface area contributed by atoms with Crippen molar-refractivity contribution in [1.82, 2.24) is 0 Å². The summed E-state index contributed by atoms with van der Waals surface area (Å²) in [6.45, 7) is 3.57. The normalized spacial score (nSPS) is 17.8. The quantitative estimate of drug-likeness (QED) is 0.662. The number of carbonyl (C=O) groups is 2. The number of ketones is 2. The smallest absolute Gasteiger partial charge is 0.234 e. The van der Waals surface area contributed by atoms with Gasteiger partial charge < -0.3 is 5.11 Å². The molecule has 0 fully saturated rings. The van der Waals surface area contributed by atoms with E-state index in [-0.39, 0.29) is 17.8 Å². The van der Waals surface area contributed by atoms with Crippen molar-refractivity contribution in [2.75, 3.05) is 0 Å². The van der Waals surface area contributed by atoms with Crippen molar-refractivity contribution in [3.05, 3.63) is 52.6 Å². The van der Waals surface area contributed by atoms with E-state index in [1.807, 2.05) is 6.07 Å². The van der Waals surface area contributed by atoms with Crippen molar-refractivity contribution in [3.8, 4) is 0 Å². The van der Waals surface area contributed by atoms with E-state index in [4.69, 9.17) is 0 Å². The highest BCUT2D eigenvalue weighted by Gasteiger charge is 2.35. The van der Waals surface area contributed by atoms with Gasteiger partial charge in [-0.3, -0.25) is 9.59 Å². The van der Waals surface area contributed by atoms with Crippen LogP contribution in [0.1, 0.15) is 46.3 Å². The second-order valence-electron chi connectivity index (χ2n) is 5.31. The summed E-state index contributed by atoms with van der Waals surface area (Å²) in [5.74, 6) is -1.12. The molecule has 0 heterocycles. The molecule has 0 saturated heterocycles. The van der Waals surface area contributed by atoms with Crippen molar-refractivity contribution >= 4 is 17.3 Å². The minimum absolute atomic E-state index is 0.0575. The third-order valence-corrected chi connectivity index (χ3v) is 4.13. The first-order chi connectivity index (χ1) is 9.65. The summed E-state index contributed by atoms with van der Waals surface area (Å²) in [6, 6.07) is 3.74. The van der Waals surface area contributed by atoms with Gasteiger partial charge in [-0.1, -0.05) is 18.2 Å². The molecule has 20 heavy (non-hydrogen) atoms. The molecule has 1 aromatic rings. The number of Topliss-reactive ketones (excluding diaryl/α,β-unsaturated/α-hetero) is 2. The number of hydrogen-bond donors (Lipinski definition) is 1. The fraction of sp³-hybridized carbons (Fsp3) is 0.294. The van der Waals surface area contributed by atoms with Crippen LogP contribution in [0.3, 0.4) is 0 Å². The zero-order valence-electron chi connectivity index (χ0n) is 11.2. The van der Waals surface area contributed by atoms with Gasteiger partial charge in [-0.15, -0.1) is 6.58 Å². The largest absolute Gasteiger partial charge is 0.507 e. The van der Waals surface area contributed by atoms with Crippen molar-refractivity contribution in [2.24, 2.45) is 0 Å². The second kappa shape index (κ2) is 4.75. The molecular formula is C17H16O3. The molecule has 0 bridgehead atoms. The van der Waals surface area contributed by atoms with Crippen LogP contribution < -0.4 is 0 Å². The Morgan fingerprint density at radius 1 is 1.15 bits per heavy atom. The molecule has 3 rings (SSSR count). The molecule has 0 saturated carbocycles. The average molecular weight is 268 g/mol. The summed E-state index contributed by atoms with van der Waals surface area (Å²) in [5.41, 5.74) is 3.19. The summed E-state index contributed by atoms with van der Waals surface area (Å²) in [7, 11) is 0. The van der Waals surface area contributed by atoms with E-state index < -0.39 is 11.6 Å². The number of benzene rings is 1. The fourth-order valence-electron chi connectivity index (χ4n) is 3.14. The third kappa shape index (κ3) is 1.73. The first-order valence-corrected chi connectivity index (χ1v) is 6.92. The maximum atomic E-state index is 12.4. The van der Waals surface area contributed by atoms with Gasteiger partial charge in [-0.05, 0) is 43.2 Å². The molecule has 2 aliphatic rings. The number of allylic oxidation sites excluding steroid dienone is 2. The Balaban J connectivity index is 2.26. The fourth-order valence-corrected chi connectivity index (χ4v) is 3.14. The lowest BCUT2D eigenvalue weighted by Crippen LogP contribution is -2.26. The minimum atomic E-state index is -0.589. The van der Waals surface area contributed by atoms with Gasteiger partial charge in [0.2, 0.25) is 11.6 Å². The summed E-state index contributed by atoms with van der Waals surface area (Å²) >= 11 is 0. The first kappa shape index (κ1) is 12.9. The van der Waals surface area contributed by atoms with Gasteiger partial charge in [-0.2, -0.15) is 0 Å². The topological polar surface area (TPSA) is 54.4 Å². The molecule has 0 atom stereocenters. The first-order valence-electron chi connectivity index (χ1n) is 6.92. The van der Waals surface area contributed by atoms with Crippen molar-refractivity contribution in [2.45, 2.75) is 32.1 Å². The maximum absolute atomic E-state index is 12.4. The van der Waals surface area contributed by atoms with Gasteiger partial charge in [0.15, 0.2) is 0 Å². The predicted molar refractivity (Wildman–Crippen MR) is 76.8 cm³/mol. The van der Waals surface area contributed by atoms with Crippen LogP contribution in [-0.4, -0.2) is 16.7 Å². The number of carbonyl (C=O) groups excluding carboxylic acids is 2. The van der Waals surface area contributed by atoms with E-state index in [9.17, 15) is 14.7 Å². The van der Waals surface area contributed by atoms with Crippen molar-refractivity contribution in [1.29, 1.82) is 0 Å². The Hall–Kier alpha value is -2.16. The summed E-state index contributed by atoms with van der Waals surface area (Å²) in [5, 5.41) is 10.3. The van der Waals surface area contributed by atoms with Gasteiger partial charge in [0.25, 0.3) is 0 Å². The predicted octanol–water partition coefficient (Wildman–Crippen LogP) is 3.18. The molecule has 3 nitrogen and oxygen atoms in total. The number of fused-ring (bicyclic) bond motifs is 3. The maximum Gasteiger partial charge on any atom is 0.234 e. The molecule has 102 valence electrons. The highest BCUT2D eigenvalue weighted by molar-refractivity contribution is 6.52. The molecule has 0 spiro atoms. The number of aliphatic hydroxyl groups is 1. The van der Waals surface area contributed by atoms with E-state index in [0.717, 1.165) is 36.8 Å². The molecule has 0 unspecified atom stereocenters. The van der Waals surface area contributed by atoms with Crippen LogP contribution in [0.15, 0.2) is 30.4 Å². The van der Waals surface area contributed by atoms with Crippen molar-refractivity contribution < 1.29 is 14.7 Å². The van der Waals surface area contributed by atoms with Crippen LogP contribution >= 0.6 is 0 Å². The number of aryl methyl sites for hydroxylation is 1. The zero-order valence-corrected chi connectivity index (χ0v) is 11.2. The van der Waals surface area contributed by atoms with Gasteiger partial charge in [-0.25, -0.2) is 0 Å². The molecule has 0 radical (unpaired) electrons. The Morgan fingerprint density at radius 2 is 1.90 bits per heavy atom. The number of aliphatic hydroxyl groups excluding tert-OH is 1. The molecule has 3 heteroatoms. The van der Waals surface area contributed by atoms with Crippen LogP contribution in [0.4, 0.5) is 0 Å². The molecular weight excluding hydrogens is 252 g/mol. The molecule has 0 aromatic heterocycles. The monoisotopic (exact) mass is 268 g/mol. The lowest BCUT2D eigenvalue weighted by atomic mass is 9.79. The van der Waals surface area contributed by atoms with Crippen LogP contribution in [0.5, 0.6) is 0 Å². The van der Waals surface area contributed by atoms with E-state index in [2.05, 4.69) is 6.58 Å². The summed E-state index contributed by atoms with van der Waals surface area (Å²) < 4.78 is 0. The zero-order chi connectivity index (χ0) is 14.3. The molecule has 1 N–H and O–H groups in total. The van der Waals surface area contributed by atoms with E-state index in [0.29, 0.717) is 11.1 Å². The van der Waals surface area contributed by atoms with E-state index >= 15 is 0 Å². The number of rotatable bonds is 2. The van der Waals surface area contributed by atoms with Crippen LogP contribution in [0.25, 0.3) is 5.76 Å². The minimum Gasteiger partial charge on any atom is -0.507 e. The van der Waals surface area contributed by atoms with Crippen LogP contribution in [0.2, 0.25) is 0 Å². The molecule has 0 amide bonds. The van der Waals surface area contributed by atoms with Gasteiger partial charge in [0.05, 0.1) is 0 Å². The van der Waals surface area contributed by atoms with Gasteiger partial charge in [0.1, 0.15) is 5.76 Å². The highest BCUT2D eigenvalue weighted by Crippen LogP contribution is 2.35. The number of hydrogen-bond acceptors (Lipinski definition) is 3. The van der Waals surface area contributed by atoms with Crippen molar-refractivity contribution in [3.63, 3.8) is 0 Å². The SMILES string of the molecule is C=CCC1=C(O)c2ccc3c(c2C(=O)C1=O)CCCC3. The Bertz CT molecular complexity index is 665. The second-order valence-corrected chi connectivity index (χ2v) is 5.31. The third-order valence-electron chi connectivity index (χ3n) is 4.13. The Kier molecular flexibility index (Phi) is 3.05. The molecule has 1 aromatic carbocycles. The molecule has 2 aliphatic carbocycles. The van der Waals surface area contributed by atoms with E-state index in [1.165, 1.54) is 6.08 Å². The van der Waals surface area contributed by atoms with E-state index in [1.54, 1.807) is 6.07 Å². The standard InChI is InChI=1S/C17H16O3/c1-2-5-13-15(18)12-9-8-10-6-3-4-7-11(10)14(12)17(20)16(13)19/h2,8-9,18H,1,3-7H2. The lowest BCUT2D eigenvalue weighted by Gasteiger charge is -2.24. The highest BCUT2D eigenvalue weighted by atomic mass is 16.3. The molecule has 0 aliphatic heterocycles. The lowest BCUT2D eigenvalue weighted by molar-refractivity contribution is -0.112. The van der Waals surface area contributed by atoms with Gasteiger partial charge >= 0.3 is 0 Å². The average Bonchev–Trinajstić information content (AvgIpc) is 2.48. The van der Waals surface area contributed by atoms with Crippen LogP contribution in [-0.2, 0) is 17.6 Å².